The lowest BCUT2D eigenvalue weighted by atomic mass is 9.96. The molecule has 0 radical (unpaired) electrons. The van der Waals surface area contributed by atoms with Crippen LogP contribution in [0.15, 0.2) is 18.2 Å². The Labute approximate surface area is 129 Å². The molecule has 1 fully saturated rings. The monoisotopic (exact) mass is 307 g/mol. The van der Waals surface area contributed by atoms with E-state index in [1.807, 2.05) is 11.8 Å². The first kappa shape index (κ1) is 16.4. The topological polar surface area (TPSA) is 95.7 Å². The Hall–Kier alpha value is -1.99. The fourth-order valence-electron chi connectivity index (χ4n) is 2.51. The van der Waals surface area contributed by atoms with Crippen molar-refractivity contribution in [2.75, 3.05) is 25.0 Å². The molecule has 2 rings (SSSR count). The van der Waals surface area contributed by atoms with Gasteiger partial charge in [-0.05, 0) is 31.4 Å². The number of anilines is 1. The third-order valence-electron chi connectivity index (χ3n) is 4.08. The number of carbonyl (C=O) groups is 1. The summed E-state index contributed by atoms with van der Waals surface area (Å²) in [5.41, 5.74) is 1.17. The summed E-state index contributed by atoms with van der Waals surface area (Å²) in [6, 6.07) is 4.38. The summed E-state index contributed by atoms with van der Waals surface area (Å²) in [5.74, 6) is 0.0173. The average Bonchev–Trinajstić information content (AvgIpc) is 2.45. The summed E-state index contributed by atoms with van der Waals surface area (Å²) >= 11 is 0. The lowest BCUT2D eigenvalue weighted by Crippen LogP contribution is -2.45. The quantitative estimate of drug-likeness (QED) is 0.650. The van der Waals surface area contributed by atoms with E-state index in [0.29, 0.717) is 12.2 Å². The molecule has 2 N–H and O–H groups in total. The number of rotatable bonds is 4. The van der Waals surface area contributed by atoms with E-state index in [1.165, 1.54) is 12.1 Å². The Morgan fingerprint density at radius 1 is 1.55 bits per heavy atom. The van der Waals surface area contributed by atoms with Crippen LogP contribution in [0, 0.1) is 23.0 Å². The Balaban J connectivity index is 1.97. The van der Waals surface area contributed by atoms with Crippen molar-refractivity contribution in [2.45, 2.75) is 26.4 Å². The molecule has 0 saturated carbocycles. The van der Waals surface area contributed by atoms with Crippen molar-refractivity contribution in [1.82, 2.24) is 4.90 Å². The zero-order valence-electron chi connectivity index (χ0n) is 12.8. The normalized spacial score (nSPS) is 22.3. The number of nitro benzene ring substituents is 1. The molecule has 1 aliphatic heterocycles. The standard InChI is InChI=1S/C15H21N3O4/c1-10-3-4-12(18(21)22)7-13(10)16-15(20)9-17-6-5-11(2)14(19)8-17/h3-4,7,11,14,19H,5-6,8-9H2,1-2H3,(H,16,20). The molecule has 1 aliphatic rings. The summed E-state index contributed by atoms with van der Waals surface area (Å²) in [6.45, 7) is 5.19. The molecule has 1 aromatic rings. The first-order valence-corrected chi connectivity index (χ1v) is 7.32. The minimum Gasteiger partial charge on any atom is -0.392 e. The van der Waals surface area contributed by atoms with E-state index in [0.717, 1.165) is 18.5 Å². The molecule has 0 aliphatic carbocycles. The molecule has 0 aromatic heterocycles. The van der Waals surface area contributed by atoms with Crippen molar-refractivity contribution in [3.63, 3.8) is 0 Å². The molecular weight excluding hydrogens is 286 g/mol. The van der Waals surface area contributed by atoms with E-state index in [9.17, 15) is 20.0 Å². The Morgan fingerprint density at radius 2 is 2.27 bits per heavy atom. The van der Waals surface area contributed by atoms with Crippen LogP contribution in [0.1, 0.15) is 18.9 Å². The third-order valence-corrected chi connectivity index (χ3v) is 4.08. The van der Waals surface area contributed by atoms with E-state index in [2.05, 4.69) is 5.32 Å². The van der Waals surface area contributed by atoms with Crippen LogP contribution in [0.25, 0.3) is 0 Å². The summed E-state index contributed by atoms with van der Waals surface area (Å²) in [5, 5.41) is 23.3. The Kier molecular flexibility index (Phi) is 5.10. The van der Waals surface area contributed by atoms with Crippen LogP contribution < -0.4 is 5.32 Å². The van der Waals surface area contributed by atoms with Gasteiger partial charge in [0.1, 0.15) is 0 Å². The summed E-state index contributed by atoms with van der Waals surface area (Å²) in [7, 11) is 0. The first-order chi connectivity index (χ1) is 10.4. The molecule has 7 nitrogen and oxygen atoms in total. The van der Waals surface area contributed by atoms with Gasteiger partial charge in [0.05, 0.1) is 23.3 Å². The first-order valence-electron chi connectivity index (χ1n) is 7.32. The maximum atomic E-state index is 12.1. The van der Waals surface area contributed by atoms with Crippen LogP contribution in [-0.2, 0) is 4.79 Å². The van der Waals surface area contributed by atoms with Crippen molar-refractivity contribution in [3.05, 3.63) is 33.9 Å². The zero-order chi connectivity index (χ0) is 16.3. The van der Waals surface area contributed by atoms with Gasteiger partial charge in [-0.1, -0.05) is 13.0 Å². The van der Waals surface area contributed by atoms with Crippen molar-refractivity contribution in [3.8, 4) is 0 Å². The second kappa shape index (κ2) is 6.85. The molecule has 2 atom stereocenters. The SMILES string of the molecule is Cc1ccc([N+](=O)[O-])cc1NC(=O)CN1CCC(C)C(O)C1. The van der Waals surface area contributed by atoms with Crippen LogP contribution in [-0.4, -0.2) is 46.6 Å². The van der Waals surface area contributed by atoms with Crippen molar-refractivity contribution in [1.29, 1.82) is 0 Å². The van der Waals surface area contributed by atoms with Gasteiger partial charge in [0.15, 0.2) is 0 Å². The number of aliphatic hydroxyl groups is 1. The molecule has 0 spiro atoms. The number of aryl methyl sites for hydroxylation is 1. The molecule has 1 saturated heterocycles. The smallest absolute Gasteiger partial charge is 0.271 e. The van der Waals surface area contributed by atoms with Gasteiger partial charge in [0, 0.05) is 18.7 Å². The number of benzene rings is 1. The van der Waals surface area contributed by atoms with E-state index >= 15 is 0 Å². The largest absolute Gasteiger partial charge is 0.392 e. The zero-order valence-corrected chi connectivity index (χ0v) is 12.8. The Morgan fingerprint density at radius 3 is 2.91 bits per heavy atom. The van der Waals surface area contributed by atoms with E-state index in [1.54, 1.807) is 13.0 Å². The van der Waals surface area contributed by atoms with E-state index in [4.69, 9.17) is 0 Å². The van der Waals surface area contributed by atoms with E-state index < -0.39 is 11.0 Å². The highest BCUT2D eigenvalue weighted by Crippen LogP contribution is 2.22. The number of nitro groups is 1. The molecule has 0 bridgehead atoms. The highest BCUT2D eigenvalue weighted by molar-refractivity contribution is 5.93. The van der Waals surface area contributed by atoms with Crippen LogP contribution in [0.2, 0.25) is 0 Å². The maximum absolute atomic E-state index is 12.1. The Bertz CT molecular complexity index is 576. The molecule has 1 amide bonds. The van der Waals surface area contributed by atoms with Gasteiger partial charge in [0.25, 0.3) is 5.69 Å². The lowest BCUT2D eigenvalue weighted by molar-refractivity contribution is -0.384. The molecule has 1 heterocycles. The second-order valence-electron chi connectivity index (χ2n) is 5.87. The van der Waals surface area contributed by atoms with Gasteiger partial charge >= 0.3 is 0 Å². The number of likely N-dealkylation sites (tertiary alicyclic amines) is 1. The molecule has 2 unspecified atom stereocenters. The predicted octanol–water partition coefficient (Wildman–Crippen LogP) is 1.54. The minimum absolute atomic E-state index is 0.0527. The van der Waals surface area contributed by atoms with Crippen molar-refractivity contribution in [2.24, 2.45) is 5.92 Å². The van der Waals surface area contributed by atoms with Gasteiger partial charge in [-0.15, -0.1) is 0 Å². The summed E-state index contributed by atoms with van der Waals surface area (Å²) in [4.78, 5) is 24.3. The van der Waals surface area contributed by atoms with Crippen molar-refractivity contribution < 1.29 is 14.8 Å². The summed E-state index contributed by atoms with van der Waals surface area (Å²) in [6.07, 6.45) is 0.436. The van der Waals surface area contributed by atoms with Crippen LogP contribution >= 0.6 is 0 Å². The van der Waals surface area contributed by atoms with Gasteiger partial charge in [0.2, 0.25) is 5.91 Å². The van der Waals surface area contributed by atoms with Gasteiger partial charge < -0.3 is 10.4 Å². The fourth-order valence-corrected chi connectivity index (χ4v) is 2.51. The minimum atomic E-state index is -0.489. The predicted molar refractivity (Wildman–Crippen MR) is 82.7 cm³/mol. The van der Waals surface area contributed by atoms with Gasteiger partial charge in [-0.3, -0.25) is 19.8 Å². The number of hydrogen-bond donors (Lipinski definition) is 2. The van der Waals surface area contributed by atoms with Crippen LogP contribution in [0.4, 0.5) is 11.4 Å². The number of β-amino-alcohol motifs (C(OH)–C–C–N with tert-alkyl or cyclic N) is 1. The average molecular weight is 307 g/mol. The third kappa shape index (κ3) is 4.02. The number of amides is 1. The fraction of sp³-hybridized carbons (Fsp3) is 0.533. The van der Waals surface area contributed by atoms with E-state index in [-0.39, 0.29) is 24.1 Å². The number of piperidine rings is 1. The van der Waals surface area contributed by atoms with Crippen molar-refractivity contribution >= 4 is 17.3 Å². The number of nitrogens with zero attached hydrogens (tertiary/aromatic N) is 2. The lowest BCUT2D eigenvalue weighted by Gasteiger charge is -2.33. The van der Waals surface area contributed by atoms with Gasteiger partial charge in [-0.2, -0.15) is 0 Å². The molecule has 7 heteroatoms. The number of carbonyl (C=O) groups excluding carboxylic acids is 1. The highest BCUT2D eigenvalue weighted by Gasteiger charge is 2.25. The second-order valence-corrected chi connectivity index (χ2v) is 5.87. The van der Waals surface area contributed by atoms with Gasteiger partial charge in [-0.25, -0.2) is 0 Å². The number of aliphatic hydroxyl groups excluding tert-OH is 1. The number of nitrogens with one attached hydrogen (secondary N) is 1. The molecule has 1 aromatic carbocycles. The summed E-state index contributed by atoms with van der Waals surface area (Å²) < 4.78 is 0. The van der Waals surface area contributed by atoms with Crippen LogP contribution in [0.3, 0.4) is 0 Å². The molecule has 120 valence electrons. The maximum Gasteiger partial charge on any atom is 0.271 e. The van der Waals surface area contributed by atoms with Crippen LogP contribution in [0.5, 0.6) is 0 Å². The highest BCUT2D eigenvalue weighted by atomic mass is 16.6. The molecule has 22 heavy (non-hydrogen) atoms. The number of non-ortho nitro benzene ring substituents is 1. The number of hydrogen-bond acceptors (Lipinski definition) is 5. The molecular formula is C15H21N3O4.